The average molecular weight is 498 g/mol. The zero-order chi connectivity index (χ0) is 25.5. The quantitative estimate of drug-likeness (QED) is 0.542. The van der Waals surface area contributed by atoms with E-state index in [1.54, 1.807) is 0 Å². The van der Waals surface area contributed by atoms with Gasteiger partial charge in [0.2, 0.25) is 5.91 Å². The van der Waals surface area contributed by atoms with Crippen LogP contribution in [0.3, 0.4) is 0 Å². The normalized spacial score (nSPS) is 21.8. The van der Waals surface area contributed by atoms with Crippen LogP contribution in [0.25, 0.3) is 22.0 Å². The van der Waals surface area contributed by atoms with E-state index in [0.717, 1.165) is 51.8 Å². The summed E-state index contributed by atoms with van der Waals surface area (Å²) in [6, 6.07) is 12.8. The summed E-state index contributed by atoms with van der Waals surface area (Å²) in [7, 11) is 1.95. The van der Waals surface area contributed by atoms with Crippen molar-refractivity contribution < 1.29 is 14.3 Å². The average Bonchev–Trinajstić information content (AvgIpc) is 3.47. The molecule has 0 N–H and O–H groups in total. The van der Waals surface area contributed by atoms with E-state index in [1.807, 2.05) is 34.6 Å². The minimum atomic E-state index is -0.554. The fraction of sp³-hybridized carbons (Fsp3) is 0.448. The van der Waals surface area contributed by atoms with E-state index >= 15 is 0 Å². The molecule has 1 spiro atoms. The predicted octanol–water partition coefficient (Wildman–Crippen LogP) is 3.17. The third-order valence-electron chi connectivity index (χ3n) is 8.53. The van der Waals surface area contributed by atoms with E-state index in [-0.39, 0.29) is 23.1 Å². The number of amidine groups is 1. The molecule has 3 aliphatic heterocycles. The summed E-state index contributed by atoms with van der Waals surface area (Å²) >= 11 is 0. The minimum Gasteiger partial charge on any atom is -0.379 e. The Morgan fingerprint density at radius 2 is 1.84 bits per heavy atom. The maximum absolute atomic E-state index is 13.4. The van der Waals surface area contributed by atoms with Gasteiger partial charge in [-0.3, -0.25) is 24.2 Å². The maximum atomic E-state index is 13.4. The number of rotatable bonds is 5. The van der Waals surface area contributed by atoms with Gasteiger partial charge in [0, 0.05) is 43.5 Å². The number of carbonyl (C=O) groups excluding carboxylic acids is 2. The molecular formula is C29H31N5O3. The van der Waals surface area contributed by atoms with Crippen molar-refractivity contribution in [1.82, 2.24) is 19.6 Å². The summed E-state index contributed by atoms with van der Waals surface area (Å²) in [5.74, 6) is 1.35. The summed E-state index contributed by atoms with van der Waals surface area (Å²) < 4.78 is 7.15. The molecule has 2 aromatic carbocycles. The predicted molar refractivity (Wildman–Crippen MR) is 140 cm³/mol. The fourth-order valence-electron chi connectivity index (χ4n) is 5.94. The van der Waals surface area contributed by atoms with Crippen LogP contribution < -0.4 is 0 Å². The molecule has 3 fully saturated rings. The van der Waals surface area contributed by atoms with Crippen molar-refractivity contribution in [2.75, 3.05) is 32.8 Å². The highest BCUT2D eigenvalue weighted by molar-refractivity contribution is 6.17. The van der Waals surface area contributed by atoms with E-state index in [9.17, 15) is 9.59 Å². The summed E-state index contributed by atoms with van der Waals surface area (Å²) in [5, 5.41) is 5.47. The molecule has 2 saturated heterocycles. The number of hydrogen-bond donors (Lipinski definition) is 0. The monoisotopic (exact) mass is 497 g/mol. The van der Waals surface area contributed by atoms with Crippen molar-refractivity contribution >= 4 is 28.6 Å². The Balaban J connectivity index is 1.12. The van der Waals surface area contributed by atoms with Crippen LogP contribution in [0.15, 0.2) is 47.6 Å². The lowest BCUT2D eigenvalue weighted by Gasteiger charge is -2.47. The first-order chi connectivity index (χ1) is 17.8. The third kappa shape index (κ3) is 3.45. The first-order valence-corrected chi connectivity index (χ1v) is 13.1. The molecule has 3 aromatic rings. The number of nitrogens with zero attached hydrogens (tertiary/aromatic N) is 5. The Labute approximate surface area is 215 Å². The molecule has 8 nitrogen and oxygen atoms in total. The minimum absolute atomic E-state index is 0.122. The lowest BCUT2D eigenvalue weighted by Crippen LogP contribution is -2.61. The molecule has 190 valence electrons. The molecule has 0 radical (unpaired) electrons. The van der Waals surface area contributed by atoms with Crippen LogP contribution in [0, 0.1) is 18.3 Å². The molecular weight excluding hydrogens is 466 g/mol. The van der Waals surface area contributed by atoms with E-state index in [4.69, 9.17) is 9.73 Å². The van der Waals surface area contributed by atoms with Crippen molar-refractivity contribution in [3.8, 4) is 11.1 Å². The SMILES string of the molecule is Cc1cc(-c2ccc3c(cnn3C)c2)ccc1C1=NC2(CC2)C(=O)N1CC1CN(C(=O)C2(C)COC2)C1. The zero-order valence-corrected chi connectivity index (χ0v) is 21.5. The number of fused-ring (bicyclic) bond motifs is 1. The van der Waals surface area contributed by atoms with Gasteiger partial charge in [-0.2, -0.15) is 5.10 Å². The molecule has 2 amide bonds. The highest BCUT2D eigenvalue weighted by Crippen LogP contribution is 2.46. The molecule has 8 heteroatoms. The number of aliphatic imine (C=N–C) groups is 1. The molecule has 1 saturated carbocycles. The number of amides is 2. The molecule has 1 aromatic heterocycles. The van der Waals surface area contributed by atoms with Crippen molar-refractivity contribution in [2.45, 2.75) is 32.2 Å². The highest BCUT2D eigenvalue weighted by Gasteiger charge is 2.58. The smallest absolute Gasteiger partial charge is 0.256 e. The Morgan fingerprint density at radius 3 is 2.51 bits per heavy atom. The fourth-order valence-corrected chi connectivity index (χ4v) is 5.94. The number of benzene rings is 2. The summed E-state index contributed by atoms with van der Waals surface area (Å²) in [6.45, 7) is 7.05. The first-order valence-electron chi connectivity index (χ1n) is 13.1. The third-order valence-corrected chi connectivity index (χ3v) is 8.53. The van der Waals surface area contributed by atoms with Crippen LogP contribution >= 0.6 is 0 Å². The summed E-state index contributed by atoms with van der Waals surface area (Å²) in [6.07, 6.45) is 3.53. The molecule has 0 unspecified atom stereocenters. The van der Waals surface area contributed by atoms with Gasteiger partial charge in [0.25, 0.3) is 5.91 Å². The van der Waals surface area contributed by atoms with Gasteiger partial charge in [-0.25, -0.2) is 0 Å². The molecule has 4 aliphatic rings. The number of likely N-dealkylation sites (tertiary alicyclic amines) is 1. The van der Waals surface area contributed by atoms with Crippen molar-refractivity contribution in [2.24, 2.45) is 23.4 Å². The molecule has 37 heavy (non-hydrogen) atoms. The molecule has 0 bridgehead atoms. The van der Waals surface area contributed by atoms with Crippen molar-refractivity contribution in [3.63, 3.8) is 0 Å². The second-order valence-corrected chi connectivity index (χ2v) is 11.6. The Hall–Kier alpha value is -3.52. The maximum Gasteiger partial charge on any atom is 0.256 e. The van der Waals surface area contributed by atoms with Crippen molar-refractivity contribution in [1.29, 1.82) is 0 Å². The van der Waals surface area contributed by atoms with Crippen LogP contribution in [-0.4, -0.2) is 75.6 Å². The van der Waals surface area contributed by atoms with Gasteiger partial charge in [-0.05, 0) is 55.5 Å². The van der Waals surface area contributed by atoms with E-state index < -0.39 is 5.54 Å². The zero-order valence-electron chi connectivity index (χ0n) is 21.5. The van der Waals surface area contributed by atoms with Gasteiger partial charge in [-0.15, -0.1) is 0 Å². The molecule has 7 rings (SSSR count). The summed E-state index contributed by atoms with van der Waals surface area (Å²) in [4.78, 5) is 35.0. The van der Waals surface area contributed by atoms with Gasteiger partial charge in [-0.1, -0.05) is 24.3 Å². The standard InChI is InChI=1S/C29H31N5O3/c1-18-10-20(21-5-7-24-22(11-21)12-30-32(24)3)4-6-23(18)25-31-29(8-9-29)27(36)34(25)15-19-13-33(14-19)26(35)28(2)16-37-17-28/h4-7,10-12,19H,8-9,13-17H2,1-3H3. The van der Waals surface area contributed by atoms with Gasteiger partial charge < -0.3 is 9.64 Å². The van der Waals surface area contributed by atoms with Crippen LogP contribution in [0.1, 0.15) is 30.9 Å². The number of ether oxygens (including phenoxy) is 1. The molecule has 0 atom stereocenters. The Kier molecular flexibility index (Phi) is 4.74. The van der Waals surface area contributed by atoms with E-state index in [1.165, 1.54) is 0 Å². The molecule has 4 heterocycles. The Morgan fingerprint density at radius 1 is 1.11 bits per heavy atom. The number of carbonyl (C=O) groups is 2. The molecule has 1 aliphatic carbocycles. The highest BCUT2D eigenvalue weighted by atomic mass is 16.5. The van der Waals surface area contributed by atoms with Gasteiger partial charge in [0.15, 0.2) is 0 Å². The largest absolute Gasteiger partial charge is 0.379 e. The topological polar surface area (TPSA) is 80.0 Å². The number of aryl methyl sites for hydroxylation is 2. The van der Waals surface area contributed by atoms with Crippen LogP contribution in [-0.2, 0) is 21.4 Å². The van der Waals surface area contributed by atoms with Crippen molar-refractivity contribution in [3.05, 3.63) is 53.7 Å². The second kappa shape index (κ2) is 7.74. The second-order valence-electron chi connectivity index (χ2n) is 11.6. The van der Waals surface area contributed by atoms with E-state index in [0.29, 0.717) is 32.8 Å². The Bertz CT molecular complexity index is 1490. The lowest BCUT2D eigenvalue weighted by molar-refractivity contribution is -0.175. The van der Waals surface area contributed by atoms with Gasteiger partial charge in [0.05, 0.1) is 30.3 Å². The lowest BCUT2D eigenvalue weighted by atomic mass is 9.84. The van der Waals surface area contributed by atoms with Gasteiger partial charge >= 0.3 is 0 Å². The first kappa shape index (κ1) is 22.7. The van der Waals surface area contributed by atoms with Crippen LogP contribution in [0.2, 0.25) is 0 Å². The van der Waals surface area contributed by atoms with Gasteiger partial charge in [0.1, 0.15) is 11.4 Å². The summed E-state index contributed by atoms with van der Waals surface area (Å²) in [5.41, 5.74) is 4.55. The number of aromatic nitrogens is 2. The van der Waals surface area contributed by atoms with Crippen LogP contribution in [0.5, 0.6) is 0 Å². The van der Waals surface area contributed by atoms with E-state index in [2.05, 4.69) is 48.4 Å². The number of hydrogen-bond acceptors (Lipinski definition) is 5. The van der Waals surface area contributed by atoms with Crippen LogP contribution in [0.4, 0.5) is 0 Å².